The van der Waals surface area contributed by atoms with E-state index in [0.717, 1.165) is 18.4 Å². The third kappa shape index (κ3) is 2.26. The average molecular weight is 225 g/mol. The molecular weight excluding hydrogens is 206 g/mol. The van der Waals surface area contributed by atoms with Gasteiger partial charge in [0.15, 0.2) is 6.04 Å². The average Bonchev–Trinajstić information content (AvgIpc) is 2.61. The van der Waals surface area contributed by atoms with Crippen LogP contribution in [0.25, 0.3) is 0 Å². The molecule has 1 atom stereocenters. The van der Waals surface area contributed by atoms with Crippen molar-refractivity contribution in [2.45, 2.75) is 39.7 Å². The molecule has 0 aromatic heterocycles. The van der Waals surface area contributed by atoms with Crippen molar-refractivity contribution in [3.05, 3.63) is 11.6 Å². The van der Waals surface area contributed by atoms with E-state index in [1.807, 2.05) is 19.9 Å². The molecular formula is C12H19NO3. The van der Waals surface area contributed by atoms with Gasteiger partial charge in [-0.2, -0.15) is 0 Å². The summed E-state index contributed by atoms with van der Waals surface area (Å²) < 4.78 is 0. The molecule has 1 aliphatic heterocycles. The molecule has 0 bridgehead atoms. The van der Waals surface area contributed by atoms with E-state index in [9.17, 15) is 9.59 Å². The summed E-state index contributed by atoms with van der Waals surface area (Å²) in [6, 6.07) is -0.756. The number of amides is 1. The predicted molar refractivity (Wildman–Crippen MR) is 61.0 cm³/mol. The van der Waals surface area contributed by atoms with Gasteiger partial charge in [0.2, 0.25) is 5.91 Å². The van der Waals surface area contributed by atoms with Crippen molar-refractivity contribution in [2.75, 3.05) is 6.54 Å². The van der Waals surface area contributed by atoms with Crippen LogP contribution in [0.5, 0.6) is 0 Å². The van der Waals surface area contributed by atoms with E-state index in [2.05, 4.69) is 0 Å². The van der Waals surface area contributed by atoms with Crippen LogP contribution in [0, 0.1) is 5.92 Å². The zero-order chi connectivity index (χ0) is 12.3. The quantitative estimate of drug-likeness (QED) is 0.740. The summed E-state index contributed by atoms with van der Waals surface area (Å²) in [5, 5.41) is 9.10. The van der Waals surface area contributed by atoms with Gasteiger partial charge in [0.05, 0.1) is 0 Å². The van der Waals surface area contributed by atoms with Gasteiger partial charge in [0, 0.05) is 12.5 Å². The highest BCUT2D eigenvalue weighted by molar-refractivity contribution is 5.88. The summed E-state index contributed by atoms with van der Waals surface area (Å²) in [5.74, 6) is -1.03. The number of carboxylic acids is 1. The Bertz CT molecular complexity index is 318. The Balaban J connectivity index is 2.82. The Morgan fingerprint density at radius 1 is 1.50 bits per heavy atom. The van der Waals surface area contributed by atoms with Crippen LogP contribution in [-0.4, -0.2) is 34.5 Å². The Kier molecular flexibility index (Phi) is 4.10. The number of carboxylic acid groups (broad SMARTS) is 1. The molecule has 0 radical (unpaired) electrons. The fourth-order valence-corrected chi connectivity index (χ4v) is 2.12. The molecule has 1 unspecified atom stereocenters. The fourth-order valence-electron chi connectivity index (χ4n) is 2.12. The molecule has 1 heterocycles. The van der Waals surface area contributed by atoms with E-state index in [1.165, 1.54) is 4.90 Å². The van der Waals surface area contributed by atoms with Crippen molar-refractivity contribution in [1.82, 2.24) is 4.90 Å². The molecule has 90 valence electrons. The van der Waals surface area contributed by atoms with Crippen molar-refractivity contribution >= 4 is 11.9 Å². The third-order valence-corrected chi connectivity index (χ3v) is 3.20. The van der Waals surface area contributed by atoms with Crippen molar-refractivity contribution in [1.29, 1.82) is 0 Å². The van der Waals surface area contributed by atoms with E-state index in [4.69, 9.17) is 5.11 Å². The molecule has 1 N–H and O–H groups in total. The van der Waals surface area contributed by atoms with Gasteiger partial charge in [-0.1, -0.05) is 19.9 Å². The molecule has 4 heteroatoms. The van der Waals surface area contributed by atoms with Crippen LogP contribution < -0.4 is 0 Å². The van der Waals surface area contributed by atoms with E-state index in [-0.39, 0.29) is 11.8 Å². The molecule has 0 aliphatic carbocycles. The molecule has 0 aromatic carbocycles. The zero-order valence-corrected chi connectivity index (χ0v) is 10.1. The van der Waals surface area contributed by atoms with Crippen molar-refractivity contribution < 1.29 is 14.7 Å². The number of rotatable bonds is 4. The maximum absolute atomic E-state index is 12.1. The van der Waals surface area contributed by atoms with Crippen molar-refractivity contribution in [3.8, 4) is 0 Å². The largest absolute Gasteiger partial charge is 0.479 e. The predicted octanol–water partition coefficient (Wildman–Crippen LogP) is 1.66. The standard InChI is InChI=1S/C12H19NO3/c1-4-9(5-2)11(14)13-7-6-8(3)10(13)12(15)16/h6,9-10H,4-5,7H2,1-3H3,(H,15,16). The summed E-state index contributed by atoms with van der Waals surface area (Å²) in [7, 11) is 0. The molecule has 0 spiro atoms. The van der Waals surface area contributed by atoms with Gasteiger partial charge >= 0.3 is 5.97 Å². The van der Waals surface area contributed by atoms with Gasteiger partial charge in [-0.05, 0) is 25.3 Å². The highest BCUT2D eigenvalue weighted by Crippen LogP contribution is 2.22. The third-order valence-electron chi connectivity index (χ3n) is 3.20. The second-order valence-corrected chi connectivity index (χ2v) is 4.19. The highest BCUT2D eigenvalue weighted by Gasteiger charge is 2.36. The Labute approximate surface area is 95.9 Å². The number of carbonyl (C=O) groups is 2. The Morgan fingerprint density at radius 2 is 2.06 bits per heavy atom. The molecule has 1 rings (SSSR count). The molecule has 16 heavy (non-hydrogen) atoms. The number of hydrogen-bond acceptors (Lipinski definition) is 2. The summed E-state index contributed by atoms with van der Waals surface area (Å²) in [6.07, 6.45) is 3.34. The summed E-state index contributed by atoms with van der Waals surface area (Å²) in [6.45, 7) is 6.10. The van der Waals surface area contributed by atoms with Gasteiger partial charge in [-0.3, -0.25) is 4.79 Å². The minimum atomic E-state index is -0.939. The van der Waals surface area contributed by atoms with Crippen molar-refractivity contribution in [2.24, 2.45) is 5.92 Å². The van der Waals surface area contributed by atoms with Gasteiger partial charge in [-0.15, -0.1) is 0 Å². The zero-order valence-electron chi connectivity index (χ0n) is 10.1. The second kappa shape index (κ2) is 5.14. The van der Waals surface area contributed by atoms with Gasteiger partial charge in [-0.25, -0.2) is 4.79 Å². The Morgan fingerprint density at radius 3 is 2.50 bits per heavy atom. The lowest BCUT2D eigenvalue weighted by Crippen LogP contribution is -2.44. The maximum Gasteiger partial charge on any atom is 0.330 e. The van der Waals surface area contributed by atoms with Crippen LogP contribution in [-0.2, 0) is 9.59 Å². The highest BCUT2D eigenvalue weighted by atomic mass is 16.4. The number of hydrogen-bond donors (Lipinski definition) is 1. The lowest BCUT2D eigenvalue weighted by molar-refractivity contribution is -0.149. The minimum absolute atomic E-state index is 0.0366. The number of carbonyl (C=O) groups excluding carboxylic acids is 1. The maximum atomic E-state index is 12.1. The van der Waals surface area contributed by atoms with Crippen molar-refractivity contribution in [3.63, 3.8) is 0 Å². The van der Waals surface area contributed by atoms with Crippen LogP contribution in [0.1, 0.15) is 33.6 Å². The molecule has 1 amide bonds. The molecule has 0 saturated heterocycles. The first-order valence-electron chi connectivity index (χ1n) is 5.72. The van der Waals surface area contributed by atoms with Gasteiger partial charge in [0.1, 0.15) is 0 Å². The Hall–Kier alpha value is -1.32. The van der Waals surface area contributed by atoms with Crippen LogP contribution >= 0.6 is 0 Å². The molecule has 0 saturated carbocycles. The van der Waals surface area contributed by atoms with E-state index in [0.29, 0.717) is 6.54 Å². The summed E-state index contributed by atoms with van der Waals surface area (Å²) >= 11 is 0. The van der Waals surface area contributed by atoms with Gasteiger partial charge in [0.25, 0.3) is 0 Å². The van der Waals surface area contributed by atoms with Crippen LogP contribution in [0.4, 0.5) is 0 Å². The van der Waals surface area contributed by atoms with E-state index < -0.39 is 12.0 Å². The first-order chi connectivity index (χ1) is 7.52. The molecule has 4 nitrogen and oxygen atoms in total. The van der Waals surface area contributed by atoms with Crippen LogP contribution in [0.15, 0.2) is 11.6 Å². The van der Waals surface area contributed by atoms with Crippen LogP contribution in [0.3, 0.4) is 0 Å². The SMILES string of the molecule is CCC(CC)C(=O)N1CC=C(C)C1C(=O)O. The molecule has 1 aliphatic rings. The topological polar surface area (TPSA) is 57.6 Å². The lowest BCUT2D eigenvalue weighted by atomic mass is 10.0. The lowest BCUT2D eigenvalue weighted by Gasteiger charge is -2.26. The van der Waals surface area contributed by atoms with E-state index in [1.54, 1.807) is 6.92 Å². The molecule has 0 fully saturated rings. The molecule has 0 aromatic rings. The normalized spacial score (nSPS) is 20.1. The van der Waals surface area contributed by atoms with Gasteiger partial charge < -0.3 is 10.0 Å². The summed E-state index contributed by atoms with van der Waals surface area (Å²) in [5.41, 5.74) is 0.756. The first-order valence-corrected chi connectivity index (χ1v) is 5.72. The fraction of sp³-hybridized carbons (Fsp3) is 0.667. The van der Waals surface area contributed by atoms with E-state index >= 15 is 0 Å². The smallest absolute Gasteiger partial charge is 0.330 e. The second-order valence-electron chi connectivity index (χ2n) is 4.19. The number of aliphatic carboxylic acids is 1. The monoisotopic (exact) mass is 225 g/mol. The summed E-state index contributed by atoms with van der Waals surface area (Å²) in [4.78, 5) is 24.7. The van der Waals surface area contributed by atoms with Crippen LogP contribution in [0.2, 0.25) is 0 Å². The minimum Gasteiger partial charge on any atom is -0.479 e. The number of nitrogens with zero attached hydrogens (tertiary/aromatic N) is 1. The first kappa shape index (κ1) is 12.7.